The van der Waals surface area contributed by atoms with Gasteiger partial charge >= 0.3 is 0 Å². The number of rotatable bonds is 6. The highest BCUT2D eigenvalue weighted by Crippen LogP contribution is 2.36. The molecule has 2 aliphatic heterocycles. The van der Waals surface area contributed by atoms with Crippen LogP contribution in [0.4, 0.5) is 11.5 Å². The number of hydrogen-bond acceptors (Lipinski definition) is 6. The fourth-order valence-electron chi connectivity index (χ4n) is 4.92. The molecule has 1 saturated heterocycles. The van der Waals surface area contributed by atoms with Crippen molar-refractivity contribution in [3.05, 3.63) is 53.6 Å². The summed E-state index contributed by atoms with van der Waals surface area (Å²) in [6, 6.07) is 14.2. The number of nitrogens with zero attached hydrogens (tertiary/aromatic N) is 4. The van der Waals surface area contributed by atoms with Crippen molar-refractivity contribution in [1.29, 1.82) is 0 Å². The number of amides is 2. The molecule has 2 aliphatic rings. The number of piperazine rings is 1. The van der Waals surface area contributed by atoms with E-state index in [-0.39, 0.29) is 18.4 Å². The lowest BCUT2D eigenvalue weighted by Crippen LogP contribution is -2.47. The standard InChI is InChI=1S/C25H29N5O3/c1-17-14-24(32)30(16-23(26)31)21-7-6-18(15-20(17)21)8-9-28-10-12-29(13-11-28)25-19-4-2-3-5-22(19)33-27-25/h2-7,15,17H,8-14,16H2,1H3,(H2,26,31). The highest BCUT2D eigenvalue weighted by Gasteiger charge is 2.30. The van der Waals surface area contributed by atoms with Crippen molar-refractivity contribution in [3.63, 3.8) is 0 Å². The second kappa shape index (κ2) is 8.86. The normalized spacial score (nSPS) is 19.2. The molecule has 0 bridgehead atoms. The quantitative estimate of drug-likeness (QED) is 0.624. The van der Waals surface area contributed by atoms with Crippen molar-refractivity contribution in [2.45, 2.75) is 25.7 Å². The number of primary amides is 1. The smallest absolute Gasteiger partial charge is 0.237 e. The van der Waals surface area contributed by atoms with Gasteiger partial charge in [0.2, 0.25) is 11.8 Å². The van der Waals surface area contributed by atoms with Gasteiger partial charge in [0, 0.05) is 44.8 Å². The van der Waals surface area contributed by atoms with Crippen molar-refractivity contribution >= 4 is 34.3 Å². The van der Waals surface area contributed by atoms with Gasteiger partial charge in [-0.2, -0.15) is 0 Å². The van der Waals surface area contributed by atoms with E-state index in [4.69, 9.17) is 10.3 Å². The summed E-state index contributed by atoms with van der Waals surface area (Å²) in [6.45, 7) is 6.76. The third-order valence-electron chi connectivity index (χ3n) is 6.76. The molecule has 8 heteroatoms. The molecule has 0 saturated carbocycles. The molecule has 1 fully saturated rings. The van der Waals surface area contributed by atoms with Gasteiger partial charge in [-0.15, -0.1) is 0 Å². The molecule has 2 N–H and O–H groups in total. The molecule has 2 aromatic carbocycles. The third kappa shape index (κ3) is 4.30. The van der Waals surface area contributed by atoms with Crippen LogP contribution in [0.1, 0.15) is 30.4 Å². The Balaban J connectivity index is 1.21. The molecule has 3 heterocycles. The lowest BCUT2D eigenvalue weighted by molar-refractivity contribution is -0.122. The van der Waals surface area contributed by atoms with Crippen molar-refractivity contribution in [2.24, 2.45) is 5.73 Å². The zero-order chi connectivity index (χ0) is 22.9. The summed E-state index contributed by atoms with van der Waals surface area (Å²) in [5.74, 6) is 0.534. The van der Waals surface area contributed by atoms with Crippen LogP contribution in [0.25, 0.3) is 11.0 Å². The maximum absolute atomic E-state index is 12.4. The zero-order valence-corrected chi connectivity index (χ0v) is 18.9. The summed E-state index contributed by atoms with van der Waals surface area (Å²) in [4.78, 5) is 30.1. The molecular formula is C25H29N5O3. The van der Waals surface area contributed by atoms with E-state index in [1.807, 2.05) is 24.3 Å². The zero-order valence-electron chi connectivity index (χ0n) is 18.9. The molecule has 2 amide bonds. The second-order valence-corrected chi connectivity index (χ2v) is 9.03. The summed E-state index contributed by atoms with van der Waals surface area (Å²) in [5, 5.41) is 5.36. The summed E-state index contributed by atoms with van der Waals surface area (Å²) >= 11 is 0. The van der Waals surface area contributed by atoms with Crippen LogP contribution in [0.15, 0.2) is 47.0 Å². The predicted molar refractivity (Wildman–Crippen MR) is 127 cm³/mol. The Morgan fingerprint density at radius 1 is 1.15 bits per heavy atom. The average molecular weight is 448 g/mol. The van der Waals surface area contributed by atoms with Crippen LogP contribution in [0.3, 0.4) is 0 Å². The summed E-state index contributed by atoms with van der Waals surface area (Å²) in [6.07, 6.45) is 1.35. The van der Waals surface area contributed by atoms with Gasteiger partial charge in [0.1, 0.15) is 6.54 Å². The highest BCUT2D eigenvalue weighted by molar-refractivity contribution is 6.01. The fourth-order valence-corrected chi connectivity index (χ4v) is 4.92. The Morgan fingerprint density at radius 2 is 1.94 bits per heavy atom. The van der Waals surface area contributed by atoms with Crippen LogP contribution in [-0.4, -0.2) is 61.1 Å². The van der Waals surface area contributed by atoms with Gasteiger partial charge in [0.05, 0.1) is 5.39 Å². The number of nitrogens with two attached hydrogens (primary N) is 1. The first-order chi connectivity index (χ1) is 16.0. The lowest BCUT2D eigenvalue weighted by atomic mass is 9.89. The number of hydrogen-bond donors (Lipinski definition) is 1. The van der Waals surface area contributed by atoms with Crippen LogP contribution in [0, 0.1) is 0 Å². The summed E-state index contributed by atoms with van der Waals surface area (Å²) in [7, 11) is 0. The fraction of sp³-hybridized carbons (Fsp3) is 0.400. The van der Waals surface area contributed by atoms with Gasteiger partial charge in [-0.3, -0.25) is 14.5 Å². The number of carbonyl (C=O) groups is 2. The predicted octanol–water partition coefficient (Wildman–Crippen LogP) is 2.52. The van der Waals surface area contributed by atoms with Crippen LogP contribution in [0.2, 0.25) is 0 Å². The van der Waals surface area contributed by atoms with E-state index in [0.717, 1.165) is 67.2 Å². The van der Waals surface area contributed by atoms with Gasteiger partial charge < -0.3 is 20.1 Å². The number of anilines is 2. The monoisotopic (exact) mass is 447 g/mol. The Kier molecular flexibility index (Phi) is 5.76. The molecule has 3 aromatic rings. The van der Waals surface area contributed by atoms with Crippen molar-refractivity contribution in [2.75, 3.05) is 49.1 Å². The molecule has 1 atom stereocenters. The Labute approximate surface area is 192 Å². The number of para-hydroxylation sites is 1. The minimum absolute atomic E-state index is 0.0423. The first-order valence-electron chi connectivity index (χ1n) is 11.5. The molecule has 1 aromatic heterocycles. The molecule has 0 spiro atoms. The minimum Gasteiger partial charge on any atom is -0.368 e. The van der Waals surface area contributed by atoms with Gasteiger partial charge in [0.15, 0.2) is 11.4 Å². The van der Waals surface area contributed by atoms with Crippen molar-refractivity contribution < 1.29 is 14.1 Å². The largest absolute Gasteiger partial charge is 0.368 e. The van der Waals surface area contributed by atoms with E-state index < -0.39 is 5.91 Å². The van der Waals surface area contributed by atoms with Gasteiger partial charge in [0.25, 0.3) is 0 Å². The summed E-state index contributed by atoms with van der Waals surface area (Å²) < 4.78 is 5.47. The number of fused-ring (bicyclic) bond motifs is 2. The van der Waals surface area contributed by atoms with E-state index in [1.54, 1.807) is 0 Å². The van der Waals surface area contributed by atoms with E-state index in [1.165, 1.54) is 10.5 Å². The molecule has 1 unspecified atom stereocenters. The van der Waals surface area contributed by atoms with Crippen LogP contribution < -0.4 is 15.5 Å². The first-order valence-corrected chi connectivity index (χ1v) is 11.5. The van der Waals surface area contributed by atoms with Gasteiger partial charge in [-0.25, -0.2) is 0 Å². The van der Waals surface area contributed by atoms with E-state index in [0.29, 0.717) is 6.42 Å². The number of aromatic nitrogens is 1. The Bertz CT molecular complexity index is 1180. The maximum Gasteiger partial charge on any atom is 0.237 e. The van der Waals surface area contributed by atoms with Crippen LogP contribution in [-0.2, 0) is 16.0 Å². The van der Waals surface area contributed by atoms with E-state index in [9.17, 15) is 9.59 Å². The lowest BCUT2D eigenvalue weighted by Gasteiger charge is -2.35. The summed E-state index contributed by atoms with van der Waals surface area (Å²) in [5.41, 5.74) is 9.37. The van der Waals surface area contributed by atoms with Crippen molar-refractivity contribution in [3.8, 4) is 0 Å². The van der Waals surface area contributed by atoms with Crippen LogP contribution >= 0.6 is 0 Å². The molecular weight excluding hydrogens is 418 g/mol. The number of benzene rings is 2. The Morgan fingerprint density at radius 3 is 2.73 bits per heavy atom. The molecule has 0 aliphatic carbocycles. The van der Waals surface area contributed by atoms with Gasteiger partial charge in [-0.05, 0) is 41.7 Å². The molecule has 172 valence electrons. The van der Waals surface area contributed by atoms with Gasteiger partial charge in [-0.1, -0.05) is 36.3 Å². The van der Waals surface area contributed by atoms with Crippen LogP contribution in [0.5, 0.6) is 0 Å². The maximum atomic E-state index is 12.4. The van der Waals surface area contributed by atoms with E-state index >= 15 is 0 Å². The van der Waals surface area contributed by atoms with Crippen molar-refractivity contribution in [1.82, 2.24) is 10.1 Å². The third-order valence-corrected chi connectivity index (χ3v) is 6.76. The second-order valence-electron chi connectivity index (χ2n) is 9.03. The topological polar surface area (TPSA) is 95.9 Å². The Hall–Kier alpha value is -3.39. The molecule has 5 rings (SSSR count). The minimum atomic E-state index is -0.495. The number of carbonyl (C=O) groups excluding carboxylic acids is 2. The van der Waals surface area contributed by atoms with E-state index in [2.05, 4.69) is 40.1 Å². The SMILES string of the molecule is CC1CC(=O)N(CC(N)=O)c2ccc(CCN3CCN(c4noc5ccccc45)CC3)cc21. The molecule has 33 heavy (non-hydrogen) atoms. The molecule has 8 nitrogen and oxygen atoms in total. The molecule has 0 radical (unpaired) electrons. The average Bonchev–Trinajstić information content (AvgIpc) is 3.25. The highest BCUT2D eigenvalue weighted by atomic mass is 16.5. The first kappa shape index (κ1) is 21.5.